The van der Waals surface area contributed by atoms with Gasteiger partial charge in [0.15, 0.2) is 0 Å². The van der Waals surface area contributed by atoms with E-state index in [4.69, 9.17) is 9.47 Å². The van der Waals surface area contributed by atoms with Crippen LogP contribution in [0.5, 0.6) is 0 Å². The third kappa shape index (κ3) is 2.05. The lowest BCUT2D eigenvalue weighted by atomic mass is 10.2. The molecule has 2 heterocycles. The molecule has 16 heavy (non-hydrogen) atoms. The quantitative estimate of drug-likeness (QED) is 0.860. The Kier molecular flexibility index (Phi) is 2.57. The van der Waals surface area contributed by atoms with Crippen LogP contribution >= 0.6 is 11.3 Å². The summed E-state index contributed by atoms with van der Waals surface area (Å²) in [6.45, 7) is 0.620. The predicted molar refractivity (Wildman–Crippen MR) is 59.4 cm³/mol. The van der Waals surface area contributed by atoms with Crippen molar-refractivity contribution in [3.05, 3.63) is 21.9 Å². The van der Waals surface area contributed by atoms with Crippen LogP contribution in [0.4, 0.5) is 4.79 Å². The van der Waals surface area contributed by atoms with Gasteiger partial charge in [-0.15, -0.1) is 11.3 Å². The molecule has 1 fully saturated rings. The fourth-order valence-corrected chi connectivity index (χ4v) is 2.62. The second-order valence-corrected chi connectivity index (χ2v) is 5.08. The van der Waals surface area contributed by atoms with E-state index < -0.39 is 6.29 Å². The van der Waals surface area contributed by atoms with Crippen LogP contribution in [0.1, 0.15) is 29.6 Å². The van der Waals surface area contributed by atoms with E-state index in [1.54, 1.807) is 11.3 Å². The second kappa shape index (κ2) is 4.07. The van der Waals surface area contributed by atoms with Gasteiger partial charge >= 0.3 is 6.09 Å². The highest BCUT2D eigenvalue weighted by Gasteiger charge is 2.28. The van der Waals surface area contributed by atoms with Gasteiger partial charge in [0.1, 0.15) is 0 Å². The second-order valence-electron chi connectivity index (χ2n) is 4.08. The number of carbonyl (C=O) groups is 1. The summed E-state index contributed by atoms with van der Waals surface area (Å²) in [7, 11) is 0. The van der Waals surface area contributed by atoms with Crippen LogP contribution in [0.3, 0.4) is 0 Å². The zero-order chi connectivity index (χ0) is 11.0. The van der Waals surface area contributed by atoms with Crippen LogP contribution in [0.25, 0.3) is 0 Å². The van der Waals surface area contributed by atoms with Gasteiger partial charge in [-0.1, -0.05) is 0 Å². The van der Waals surface area contributed by atoms with E-state index in [-0.39, 0.29) is 6.09 Å². The number of rotatable bonds is 2. The Morgan fingerprint density at radius 3 is 3.25 bits per heavy atom. The first-order valence-electron chi connectivity index (χ1n) is 5.48. The van der Waals surface area contributed by atoms with Crippen molar-refractivity contribution in [2.24, 2.45) is 0 Å². The predicted octanol–water partition coefficient (Wildman–Crippen LogP) is 2.21. The average Bonchev–Trinajstić information content (AvgIpc) is 2.94. The summed E-state index contributed by atoms with van der Waals surface area (Å²) in [6, 6.07) is 2.28. The normalized spacial score (nSPS) is 23.6. The van der Waals surface area contributed by atoms with Gasteiger partial charge < -0.3 is 14.8 Å². The van der Waals surface area contributed by atoms with Crippen LogP contribution < -0.4 is 5.32 Å². The molecule has 86 valence electrons. The molecule has 1 aliphatic carbocycles. The molecule has 1 aromatic rings. The number of carbonyl (C=O) groups excluding carboxylic acids is 1. The number of ether oxygens (including phenoxy) is 2. The van der Waals surface area contributed by atoms with Crippen molar-refractivity contribution in [1.29, 1.82) is 0 Å². The summed E-state index contributed by atoms with van der Waals surface area (Å²) in [5.74, 6) is 0. The molecule has 1 aromatic heterocycles. The number of thiophene rings is 1. The van der Waals surface area contributed by atoms with E-state index in [9.17, 15) is 4.79 Å². The van der Waals surface area contributed by atoms with Gasteiger partial charge in [-0.25, -0.2) is 4.79 Å². The molecule has 1 saturated carbocycles. The van der Waals surface area contributed by atoms with Crippen molar-refractivity contribution in [1.82, 2.24) is 5.32 Å². The van der Waals surface area contributed by atoms with E-state index >= 15 is 0 Å². The first kappa shape index (κ1) is 10.1. The maximum Gasteiger partial charge on any atom is 0.409 e. The smallest absolute Gasteiger partial charge is 0.409 e. The van der Waals surface area contributed by atoms with Crippen LogP contribution in [-0.4, -0.2) is 18.7 Å². The lowest BCUT2D eigenvalue weighted by Crippen LogP contribution is -2.30. The van der Waals surface area contributed by atoms with Crippen LogP contribution in [0.15, 0.2) is 11.4 Å². The van der Waals surface area contributed by atoms with E-state index in [2.05, 4.69) is 5.32 Å². The zero-order valence-electron chi connectivity index (χ0n) is 8.77. The third-order valence-corrected chi connectivity index (χ3v) is 3.74. The monoisotopic (exact) mass is 239 g/mol. The molecule has 0 saturated heterocycles. The maximum absolute atomic E-state index is 11.5. The summed E-state index contributed by atoms with van der Waals surface area (Å²) in [6.07, 6.45) is 2.14. The molecule has 0 radical (unpaired) electrons. The van der Waals surface area contributed by atoms with Gasteiger partial charge in [0, 0.05) is 22.9 Å². The van der Waals surface area contributed by atoms with Crippen molar-refractivity contribution < 1.29 is 14.3 Å². The van der Waals surface area contributed by atoms with Gasteiger partial charge in [-0.05, 0) is 24.3 Å². The molecular formula is C11H13NO3S. The summed E-state index contributed by atoms with van der Waals surface area (Å²) in [4.78, 5) is 12.7. The van der Waals surface area contributed by atoms with Gasteiger partial charge in [0.05, 0.1) is 6.61 Å². The van der Waals surface area contributed by atoms with Crippen molar-refractivity contribution in [3.63, 3.8) is 0 Å². The number of amides is 1. The summed E-state index contributed by atoms with van der Waals surface area (Å²) in [5, 5.41) is 4.79. The lowest BCUT2D eigenvalue weighted by Gasteiger charge is -2.23. The Morgan fingerprint density at radius 2 is 2.44 bits per heavy atom. The van der Waals surface area contributed by atoms with Crippen LogP contribution in [-0.2, 0) is 15.9 Å². The first-order chi connectivity index (χ1) is 7.83. The van der Waals surface area contributed by atoms with E-state index in [1.807, 2.05) is 11.4 Å². The molecule has 1 atom stereocenters. The number of hydrogen-bond acceptors (Lipinski definition) is 4. The number of hydrogen-bond donors (Lipinski definition) is 1. The zero-order valence-corrected chi connectivity index (χ0v) is 9.59. The Morgan fingerprint density at radius 1 is 1.56 bits per heavy atom. The molecule has 1 N–H and O–H groups in total. The average molecular weight is 239 g/mol. The van der Waals surface area contributed by atoms with Gasteiger partial charge in [-0.2, -0.15) is 0 Å². The number of alkyl carbamates (subject to hydrolysis) is 1. The molecule has 0 aromatic carbocycles. The minimum atomic E-state index is -0.520. The Balaban J connectivity index is 1.65. The Bertz CT molecular complexity index is 400. The van der Waals surface area contributed by atoms with E-state index in [1.165, 1.54) is 4.88 Å². The van der Waals surface area contributed by atoms with E-state index in [0.29, 0.717) is 12.6 Å². The molecule has 0 bridgehead atoms. The Labute approximate surface area is 97.6 Å². The highest BCUT2D eigenvalue weighted by atomic mass is 32.1. The standard InChI is InChI=1S/C11H13NO3S/c13-11(12-7-1-2-7)15-10-8-4-6-16-9(8)3-5-14-10/h4,6-7,10H,1-3,5H2,(H,12,13). The maximum atomic E-state index is 11.5. The summed E-state index contributed by atoms with van der Waals surface area (Å²) in [5.41, 5.74) is 1.00. The number of fused-ring (bicyclic) bond motifs is 1. The van der Waals surface area contributed by atoms with Gasteiger partial charge in [-0.3, -0.25) is 0 Å². The molecule has 3 rings (SSSR count). The molecule has 1 amide bonds. The summed E-state index contributed by atoms with van der Waals surface area (Å²) >= 11 is 1.69. The minimum absolute atomic E-state index is 0.318. The van der Waals surface area contributed by atoms with Gasteiger partial charge in [0.2, 0.25) is 6.29 Å². The highest BCUT2D eigenvalue weighted by molar-refractivity contribution is 7.10. The molecule has 1 aliphatic heterocycles. The number of nitrogens with one attached hydrogen (secondary N) is 1. The molecule has 2 aliphatic rings. The van der Waals surface area contributed by atoms with Crippen molar-refractivity contribution in [3.8, 4) is 0 Å². The van der Waals surface area contributed by atoms with Crippen LogP contribution in [0, 0.1) is 0 Å². The van der Waals surface area contributed by atoms with Crippen molar-refractivity contribution in [2.45, 2.75) is 31.6 Å². The topological polar surface area (TPSA) is 47.6 Å². The largest absolute Gasteiger partial charge is 0.415 e. The van der Waals surface area contributed by atoms with Crippen molar-refractivity contribution >= 4 is 17.4 Å². The first-order valence-corrected chi connectivity index (χ1v) is 6.36. The molecule has 5 heteroatoms. The van der Waals surface area contributed by atoms with Crippen LogP contribution in [0.2, 0.25) is 0 Å². The van der Waals surface area contributed by atoms with Crippen molar-refractivity contribution in [2.75, 3.05) is 6.61 Å². The molecule has 1 unspecified atom stereocenters. The Hall–Kier alpha value is -1.07. The molecular weight excluding hydrogens is 226 g/mol. The molecule has 0 spiro atoms. The van der Waals surface area contributed by atoms with E-state index in [0.717, 1.165) is 24.8 Å². The highest BCUT2D eigenvalue weighted by Crippen LogP contribution is 2.32. The van der Waals surface area contributed by atoms with Gasteiger partial charge in [0.25, 0.3) is 0 Å². The summed E-state index contributed by atoms with van der Waals surface area (Å²) < 4.78 is 10.7. The lowest BCUT2D eigenvalue weighted by molar-refractivity contribution is -0.114. The molecule has 4 nitrogen and oxygen atoms in total. The fourth-order valence-electron chi connectivity index (χ4n) is 1.74. The SMILES string of the molecule is O=C(NC1CC1)OC1OCCc2sccc21. The minimum Gasteiger partial charge on any atom is -0.415 e. The fraction of sp³-hybridized carbons (Fsp3) is 0.545. The third-order valence-electron chi connectivity index (χ3n) is 2.75.